The normalized spacial score (nSPS) is 22.6. The van der Waals surface area contributed by atoms with Gasteiger partial charge in [0.1, 0.15) is 0 Å². The molecule has 0 unspecified atom stereocenters. The molecule has 1 aromatic heterocycles. The second-order valence-corrected chi connectivity index (χ2v) is 4.84. The van der Waals surface area contributed by atoms with Gasteiger partial charge in [0.25, 0.3) is 11.3 Å². The Hall–Kier alpha value is -1.98. The van der Waals surface area contributed by atoms with Gasteiger partial charge in [-0.1, -0.05) is 0 Å². The molecule has 0 spiro atoms. The van der Waals surface area contributed by atoms with Crippen molar-refractivity contribution in [3.8, 4) is 11.5 Å². The molecule has 2 N–H and O–H groups in total. The maximum absolute atomic E-state index is 12.3. The third-order valence-corrected chi connectivity index (χ3v) is 3.74. The van der Waals surface area contributed by atoms with Gasteiger partial charge in [0.2, 0.25) is 0 Å². The van der Waals surface area contributed by atoms with E-state index in [9.17, 15) is 19.8 Å². The van der Waals surface area contributed by atoms with Gasteiger partial charge in [0.05, 0.1) is 6.20 Å². The molecule has 1 fully saturated rings. The highest BCUT2D eigenvalue weighted by Crippen LogP contribution is 2.29. The second kappa shape index (κ2) is 3.76. The molecule has 0 bridgehead atoms. The van der Waals surface area contributed by atoms with Crippen LogP contribution in [0.4, 0.5) is 0 Å². The molecule has 0 radical (unpaired) electrons. The summed E-state index contributed by atoms with van der Waals surface area (Å²) in [6.07, 6.45) is 4.17. The Kier molecular flexibility index (Phi) is 2.33. The fourth-order valence-electron chi connectivity index (χ4n) is 2.82. The van der Waals surface area contributed by atoms with E-state index in [0.717, 1.165) is 19.3 Å². The summed E-state index contributed by atoms with van der Waals surface area (Å²) in [6.45, 7) is 1.18. The second-order valence-electron chi connectivity index (χ2n) is 4.84. The van der Waals surface area contributed by atoms with Crippen LogP contribution in [0.2, 0.25) is 0 Å². The van der Waals surface area contributed by atoms with Crippen molar-refractivity contribution in [2.24, 2.45) is 0 Å². The van der Waals surface area contributed by atoms with Crippen molar-refractivity contribution in [2.75, 3.05) is 6.54 Å². The molecule has 6 nitrogen and oxygen atoms in total. The van der Waals surface area contributed by atoms with Crippen LogP contribution in [0.1, 0.15) is 29.8 Å². The zero-order valence-electron chi connectivity index (χ0n) is 9.80. The van der Waals surface area contributed by atoms with Crippen LogP contribution < -0.4 is 5.43 Å². The highest BCUT2D eigenvalue weighted by atomic mass is 16.3. The van der Waals surface area contributed by atoms with Gasteiger partial charge in [-0.25, -0.2) is 0 Å². The molecule has 96 valence electrons. The number of pyridine rings is 1. The SMILES string of the molecule is O=C1c2c(O)c(=O)c(O)cn2C[C@H]2CCCCN12. The molecule has 2 aliphatic heterocycles. The number of carbonyl (C=O) groups excluding carboxylic acids is 1. The van der Waals surface area contributed by atoms with E-state index in [1.54, 1.807) is 4.90 Å². The fourth-order valence-corrected chi connectivity index (χ4v) is 2.82. The summed E-state index contributed by atoms with van der Waals surface area (Å²) < 4.78 is 1.49. The lowest BCUT2D eigenvalue weighted by atomic mass is 9.98. The largest absolute Gasteiger partial charge is 0.503 e. The third kappa shape index (κ3) is 1.41. The van der Waals surface area contributed by atoms with Crippen molar-refractivity contribution in [3.05, 3.63) is 22.1 Å². The van der Waals surface area contributed by atoms with Crippen LogP contribution in [0.15, 0.2) is 11.0 Å². The van der Waals surface area contributed by atoms with E-state index in [1.807, 2.05) is 0 Å². The average Bonchev–Trinajstić information content (AvgIpc) is 2.36. The molecular formula is C12H14N2O4. The number of aromatic nitrogens is 1. The number of nitrogens with zero attached hydrogens (tertiary/aromatic N) is 2. The van der Waals surface area contributed by atoms with Crippen molar-refractivity contribution in [2.45, 2.75) is 31.8 Å². The maximum Gasteiger partial charge on any atom is 0.274 e. The van der Waals surface area contributed by atoms with Crippen LogP contribution in [0.5, 0.6) is 11.5 Å². The molecule has 1 amide bonds. The quantitative estimate of drug-likeness (QED) is 0.692. The van der Waals surface area contributed by atoms with Gasteiger partial charge in [0.15, 0.2) is 17.2 Å². The monoisotopic (exact) mass is 250 g/mol. The molecule has 6 heteroatoms. The number of amides is 1. The number of carbonyl (C=O) groups is 1. The Morgan fingerprint density at radius 1 is 1.22 bits per heavy atom. The molecule has 0 aromatic carbocycles. The van der Waals surface area contributed by atoms with Crippen LogP contribution in [0, 0.1) is 0 Å². The van der Waals surface area contributed by atoms with Gasteiger partial charge >= 0.3 is 0 Å². The fraction of sp³-hybridized carbons (Fsp3) is 0.500. The molecule has 1 aromatic rings. The number of aromatic hydroxyl groups is 2. The summed E-state index contributed by atoms with van der Waals surface area (Å²) >= 11 is 0. The number of hydrogen-bond donors (Lipinski definition) is 2. The first kappa shape index (κ1) is 11.1. The van der Waals surface area contributed by atoms with Gasteiger partial charge in [-0.2, -0.15) is 0 Å². The molecule has 3 heterocycles. The Morgan fingerprint density at radius 3 is 2.78 bits per heavy atom. The van der Waals surface area contributed by atoms with E-state index in [2.05, 4.69) is 0 Å². The first-order valence-corrected chi connectivity index (χ1v) is 6.06. The van der Waals surface area contributed by atoms with Gasteiger partial charge < -0.3 is 19.7 Å². The maximum atomic E-state index is 12.3. The molecule has 1 saturated heterocycles. The van der Waals surface area contributed by atoms with E-state index in [-0.39, 0.29) is 17.6 Å². The van der Waals surface area contributed by atoms with Gasteiger partial charge in [0, 0.05) is 19.1 Å². The van der Waals surface area contributed by atoms with Crippen molar-refractivity contribution in [1.29, 1.82) is 0 Å². The number of hydrogen-bond acceptors (Lipinski definition) is 4. The van der Waals surface area contributed by atoms with E-state index in [0.29, 0.717) is 13.1 Å². The number of fused-ring (bicyclic) bond motifs is 2. The minimum absolute atomic E-state index is 0.00375. The summed E-state index contributed by atoms with van der Waals surface area (Å²) in [5.41, 5.74) is -0.888. The Morgan fingerprint density at radius 2 is 2.00 bits per heavy atom. The molecular weight excluding hydrogens is 236 g/mol. The minimum atomic E-state index is -0.884. The minimum Gasteiger partial charge on any atom is -0.503 e. The van der Waals surface area contributed by atoms with Crippen molar-refractivity contribution in [1.82, 2.24) is 9.47 Å². The van der Waals surface area contributed by atoms with E-state index in [1.165, 1.54) is 10.8 Å². The van der Waals surface area contributed by atoms with Crippen LogP contribution in [0.3, 0.4) is 0 Å². The molecule has 3 rings (SSSR count). The zero-order chi connectivity index (χ0) is 12.9. The summed E-state index contributed by atoms with van der Waals surface area (Å²) in [7, 11) is 0. The highest BCUT2D eigenvalue weighted by molar-refractivity contribution is 5.96. The Bertz CT molecular complexity index is 578. The first-order chi connectivity index (χ1) is 8.59. The Labute approximate surface area is 103 Å². The zero-order valence-corrected chi connectivity index (χ0v) is 9.80. The summed E-state index contributed by atoms with van der Waals surface area (Å²) in [5.74, 6) is -1.49. The topological polar surface area (TPSA) is 82.8 Å². The standard InChI is InChI=1S/C12H14N2O4/c15-8-6-13-5-7-3-1-2-4-14(7)12(18)9(13)11(17)10(8)16/h6-7,15,17H,1-5H2/t7-/m1/s1. The van der Waals surface area contributed by atoms with Gasteiger partial charge in [-0.05, 0) is 19.3 Å². The Balaban J connectivity index is 2.16. The predicted octanol–water partition coefficient (Wildman–Crippen LogP) is 0.268. The average molecular weight is 250 g/mol. The first-order valence-electron chi connectivity index (χ1n) is 6.06. The van der Waals surface area contributed by atoms with Crippen molar-refractivity contribution in [3.63, 3.8) is 0 Å². The lowest BCUT2D eigenvalue weighted by Gasteiger charge is -2.40. The van der Waals surface area contributed by atoms with Gasteiger partial charge in [-0.3, -0.25) is 9.59 Å². The third-order valence-electron chi connectivity index (χ3n) is 3.74. The van der Waals surface area contributed by atoms with E-state index >= 15 is 0 Å². The molecule has 1 atom stereocenters. The van der Waals surface area contributed by atoms with Crippen molar-refractivity contribution >= 4 is 5.91 Å². The smallest absolute Gasteiger partial charge is 0.274 e. The van der Waals surface area contributed by atoms with Crippen LogP contribution in [-0.2, 0) is 6.54 Å². The number of piperidine rings is 1. The lowest BCUT2D eigenvalue weighted by molar-refractivity contribution is 0.0505. The van der Waals surface area contributed by atoms with Crippen LogP contribution >= 0.6 is 0 Å². The molecule has 18 heavy (non-hydrogen) atoms. The molecule has 0 aliphatic carbocycles. The lowest BCUT2D eigenvalue weighted by Crippen LogP contribution is -2.51. The van der Waals surface area contributed by atoms with Crippen LogP contribution in [-0.4, -0.2) is 38.2 Å². The number of rotatable bonds is 0. The summed E-state index contributed by atoms with van der Waals surface area (Å²) in [4.78, 5) is 25.4. The summed E-state index contributed by atoms with van der Waals surface area (Å²) in [5, 5.41) is 19.2. The van der Waals surface area contributed by atoms with E-state index in [4.69, 9.17) is 0 Å². The highest BCUT2D eigenvalue weighted by Gasteiger charge is 2.36. The van der Waals surface area contributed by atoms with Gasteiger partial charge in [-0.15, -0.1) is 0 Å². The van der Waals surface area contributed by atoms with E-state index < -0.39 is 16.9 Å². The van der Waals surface area contributed by atoms with Crippen LogP contribution in [0.25, 0.3) is 0 Å². The molecule has 2 aliphatic rings. The van der Waals surface area contributed by atoms with Crippen molar-refractivity contribution < 1.29 is 15.0 Å². The molecule has 0 saturated carbocycles. The summed E-state index contributed by atoms with van der Waals surface area (Å²) in [6, 6.07) is 0.0973. The predicted molar refractivity (Wildman–Crippen MR) is 62.7 cm³/mol.